The van der Waals surface area contributed by atoms with Crippen molar-refractivity contribution >= 4 is 6.72 Å². The fourth-order valence-electron chi connectivity index (χ4n) is 1.78. The highest BCUT2D eigenvalue weighted by Crippen LogP contribution is 2.32. The Bertz CT molecular complexity index is 335. The van der Waals surface area contributed by atoms with Crippen LogP contribution < -0.4 is 5.32 Å². The summed E-state index contributed by atoms with van der Waals surface area (Å²) in [5.41, 5.74) is 1.04. The molecule has 0 aliphatic carbocycles. The predicted octanol–water partition coefficient (Wildman–Crippen LogP) is 4.67. The first-order valence-electron chi connectivity index (χ1n) is 6.63. The van der Waals surface area contributed by atoms with Gasteiger partial charge in [-0.05, 0) is 32.1 Å². The van der Waals surface area contributed by atoms with Crippen LogP contribution in [-0.2, 0) is 0 Å². The number of aliphatic imine (C=N–C) groups is 1. The Morgan fingerprint density at radius 2 is 2.06 bits per heavy atom. The van der Waals surface area contributed by atoms with Gasteiger partial charge in [-0.15, -0.1) is 0 Å². The average Bonchev–Trinajstić information content (AvgIpc) is 2.33. The second kappa shape index (κ2) is 7.91. The van der Waals surface area contributed by atoms with E-state index in [1.165, 1.54) is 6.42 Å². The minimum absolute atomic E-state index is 0.0507. The van der Waals surface area contributed by atoms with Gasteiger partial charge in [0.05, 0.1) is 0 Å². The summed E-state index contributed by atoms with van der Waals surface area (Å²) in [7, 11) is 0. The van der Waals surface area contributed by atoms with E-state index in [-0.39, 0.29) is 5.41 Å². The summed E-state index contributed by atoms with van der Waals surface area (Å²) in [6.07, 6.45) is 8.10. The van der Waals surface area contributed by atoms with Crippen LogP contribution in [0, 0.1) is 11.3 Å². The predicted molar refractivity (Wildman–Crippen MR) is 82.6 cm³/mol. The van der Waals surface area contributed by atoms with Crippen molar-refractivity contribution in [3.05, 3.63) is 36.3 Å². The summed E-state index contributed by atoms with van der Waals surface area (Å²) < 4.78 is 0. The molecule has 0 fully saturated rings. The fraction of sp³-hybridized carbons (Fsp3) is 0.562. The molecule has 18 heavy (non-hydrogen) atoms. The highest BCUT2D eigenvalue weighted by atomic mass is 15.0. The molecule has 1 N–H and O–H groups in total. The van der Waals surface area contributed by atoms with E-state index >= 15 is 0 Å². The van der Waals surface area contributed by atoms with Crippen molar-refractivity contribution in [1.82, 2.24) is 5.32 Å². The smallest absolute Gasteiger partial charge is 0.129 e. The Kier molecular flexibility index (Phi) is 7.33. The van der Waals surface area contributed by atoms with Crippen LogP contribution in [0.4, 0.5) is 0 Å². The maximum Gasteiger partial charge on any atom is 0.129 e. The van der Waals surface area contributed by atoms with Crippen LogP contribution in [0.15, 0.2) is 41.3 Å². The van der Waals surface area contributed by atoms with Gasteiger partial charge in [0.1, 0.15) is 5.82 Å². The topological polar surface area (TPSA) is 24.4 Å². The Morgan fingerprint density at radius 1 is 1.44 bits per heavy atom. The SMILES string of the molecule is C=N/C(=C\C=C/C)NC(=C)C(C)(C)CC(C)CC. The Morgan fingerprint density at radius 3 is 2.50 bits per heavy atom. The number of hydrogen-bond donors (Lipinski definition) is 1. The van der Waals surface area contributed by atoms with Crippen LogP contribution in [0.3, 0.4) is 0 Å². The molecule has 1 unspecified atom stereocenters. The molecule has 1 atom stereocenters. The molecular weight excluding hydrogens is 220 g/mol. The summed E-state index contributed by atoms with van der Waals surface area (Å²) in [6, 6.07) is 0. The van der Waals surface area contributed by atoms with Crippen LogP contribution in [0.1, 0.15) is 47.5 Å². The first-order valence-corrected chi connectivity index (χ1v) is 6.63. The van der Waals surface area contributed by atoms with Gasteiger partial charge in [0.15, 0.2) is 0 Å². The summed E-state index contributed by atoms with van der Waals surface area (Å²) in [4.78, 5) is 3.97. The standard InChI is InChI=1S/C16H28N2/c1-8-10-11-15(17-7)18-14(4)16(5,6)12-13(3)9-2/h8,10-11,13,18H,4,7,9,12H2,1-3,5-6H3/b10-8-,15-11+. The first kappa shape index (κ1) is 16.7. The summed E-state index contributed by atoms with van der Waals surface area (Å²) >= 11 is 0. The third-order valence-corrected chi connectivity index (χ3v) is 3.27. The molecule has 0 saturated carbocycles. The molecule has 2 nitrogen and oxygen atoms in total. The third-order valence-electron chi connectivity index (χ3n) is 3.27. The molecule has 0 amide bonds. The zero-order valence-corrected chi connectivity index (χ0v) is 12.6. The lowest BCUT2D eigenvalue weighted by Crippen LogP contribution is -2.27. The van der Waals surface area contributed by atoms with Crippen LogP contribution in [0.25, 0.3) is 0 Å². The largest absolute Gasteiger partial charge is 0.344 e. The van der Waals surface area contributed by atoms with Crippen LogP contribution >= 0.6 is 0 Å². The third kappa shape index (κ3) is 5.85. The maximum atomic E-state index is 4.15. The quantitative estimate of drug-likeness (QED) is 0.490. The van der Waals surface area contributed by atoms with Gasteiger partial charge in [-0.3, -0.25) is 0 Å². The van der Waals surface area contributed by atoms with Crippen molar-refractivity contribution in [1.29, 1.82) is 0 Å². The van der Waals surface area contributed by atoms with E-state index in [4.69, 9.17) is 0 Å². The van der Waals surface area contributed by atoms with Gasteiger partial charge in [0.2, 0.25) is 0 Å². The number of allylic oxidation sites excluding steroid dienone is 4. The Hall–Kier alpha value is -1.31. The lowest BCUT2D eigenvalue weighted by atomic mass is 9.80. The number of hydrogen-bond acceptors (Lipinski definition) is 2. The molecule has 0 saturated heterocycles. The van der Waals surface area contributed by atoms with Crippen LogP contribution in [0.2, 0.25) is 0 Å². The molecule has 0 aromatic carbocycles. The van der Waals surface area contributed by atoms with Crippen LogP contribution in [0.5, 0.6) is 0 Å². The van der Waals surface area contributed by atoms with E-state index in [9.17, 15) is 0 Å². The van der Waals surface area contributed by atoms with Crippen molar-refractivity contribution in [2.75, 3.05) is 0 Å². The van der Waals surface area contributed by atoms with E-state index in [1.54, 1.807) is 0 Å². The van der Waals surface area contributed by atoms with Crippen molar-refractivity contribution in [2.45, 2.75) is 47.5 Å². The second-order valence-corrected chi connectivity index (χ2v) is 5.44. The van der Waals surface area contributed by atoms with E-state index in [2.05, 4.69) is 51.3 Å². The van der Waals surface area contributed by atoms with Gasteiger partial charge in [0.25, 0.3) is 0 Å². The monoisotopic (exact) mass is 248 g/mol. The van der Waals surface area contributed by atoms with Gasteiger partial charge in [-0.1, -0.05) is 52.8 Å². The lowest BCUT2D eigenvalue weighted by Gasteiger charge is -2.30. The fourth-order valence-corrected chi connectivity index (χ4v) is 1.78. The molecular formula is C16H28N2. The molecule has 0 spiro atoms. The van der Waals surface area contributed by atoms with Crippen molar-refractivity contribution in [3.63, 3.8) is 0 Å². The number of nitrogens with zero attached hydrogens (tertiary/aromatic N) is 1. The zero-order chi connectivity index (χ0) is 14.2. The van der Waals surface area contributed by atoms with Gasteiger partial charge in [0, 0.05) is 11.1 Å². The molecule has 0 bridgehead atoms. The molecule has 2 heteroatoms. The molecule has 0 heterocycles. The molecule has 0 rings (SSSR count). The normalized spacial score (nSPS) is 14.6. The minimum atomic E-state index is 0.0507. The minimum Gasteiger partial charge on any atom is -0.344 e. The number of nitrogens with one attached hydrogen (secondary N) is 1. The highest BCUT2D eigenvalue weighted by molar-refractivity contribution is 5.31. The molecule has 0 aliphatic heterocycles. The molecule has 0 radical (unpaired) electrons. The Labute approximate surface area is 113 Å². The summed E-state index contributed by atoms with van der Waals surface area (Å²) in [5, 5.41) is 3.26. The highest BCUT2D eigenvalue weighted by Gasteiger charge is 2.24. The zero-order valence-electron chi connectivity index (χ0n) is 12.6. The van der Waals surface area contributed by atoms with Gasteiger partial charge in [-0.2, -0.15) is 0 Å². The van der Waals surface area contributed by atoms with Crippen molar-refractivity contribution in [3.8, 4) is 0 Å². The van der Waals surface area contributed by atoms with E-state index < -0.39 is 0 Å². The maximum absolute atomic E-state index is 4.15. The van der Waals surface area contributed by atoms with E-state index in [0.29, 0.717) is 5.92 Å². The van der Waals surface area contributed by atoms with Gasteiger partial charge >= 0.3 is 0 Å². The summed E-state index contributed by atoms with van der Waals surface area (Å²) in [6.45, 7) is 18.6. The van der Waals surface area contributed by atoms with Crippen molar-refractivity contribution < 1.29 is 0 Å². The first-order chi connectivity index (χ1) is 8.37. The molecule has 0 aromatic heterocycles. The van der Waals surface area contributed by atoms with Crippen LogP contribution in [-0.4, -0.2) is 6.72 Å². The molecule has 102 valence electrons. The van der Waals surface area contributed by atoms with Gasteiger partial charge < -0.3 is 5.32 Å². The lowest BCUT2D eigenvalue weighted by molar-refractivity contribution is 0.313. The van der Waals surface area contributed by atoms with E-state index in [0.717, 1.165) is 17.9 Å². The van der Waals surface area contributed by atoms with Crippen molar-refractivity contribution in [2.24, 2.45) is 16.3 Å². The molecule has 0 aromatic rings. The second-order valence-electron chi connectivity index (χ2n) is 5.44. The Balaban J connectivity index is 4.68. The molecule has 0 aliphatic rings. The summed E-state index contributed by atoms with van der Waals surface area (Å²) in [5.74, 6) is 1.44. The van der Waals surface area contributed by atoms with Gasteiger partial charge in [-0.25, -0.2) is 4.99 Å². The van der Waals surface area contributed by atoms with E-state index in [1.807, 2.05) is 25.2 Å². The number of rotatable bonds is 8. The average molecular weight is 248 g/mol.